The normalized spacial score (nSPS) is 19.0. The highest BCUT2D eigenvalue weighted by Gasteiger charge is 2.27. The van der Waals surface area contributed by atoms with Crippen molar-refractivity contribution >= 4 is 23.1 Å². The van der Waals surface area contributed by atoms with Gasteiger partial charge in [0.05, 0.1) is 11.3 Å². The van der Waals surface area contributed by atoms with E-state index in [1.807, 2.05) is 11.8 Å². The predicted molar refractivity (Wildman–Crippen MR) is 85.4 cm³/mol. The lowest BCUT2D eigenvalue weighted by molar-refractivity contribution is 0.564. The number of fused-ring (bicyclic) bond motifs is 1. The maximum absolute atomic E-state index is 4.42. The summed E-state index contributed by atoms with van der Waals surface area (Å²) >= 11 is 3.67. The van der Waals surface area contributed by atoms with Crippen molar-refractivity contribution in [2.75, 3.05) is 6.54 Å². The van der Waals surface area contributed by atoms with Crippen LogP contribution in [0.4, 0.5) is 0 Å². The summed E-state index contributed by atoms with van der Waals surface area (Å²) in [5.41, 5.74) is 1.44. The van der Waals surface area contributed by atoms with Gasteiger partial charge in [-0.15, -0.1) is 22.0 Å². The minimum absolute atomic E-state index is 0.301. The van der Waals surface area contributed by atoms with Gasteiger partial charge in [0.15, 0.2) is 0 Å². The van der Waals surface area contributed by atoms with Crippen molar-refractivity contribution in [2.45, 2.75) is 42.9 Å². The highest BCUT2D eigenvalue weighted by molar-refractivity contribution is 8.00. The van der Waals surface area contributed by atoms with E-state index in [0.717, 1.165) is 29.4 Å². The van der Waals surface area contributed by atoms with Gasteiger partial charge >= 0.3 is 0 Å². The standard InChI is InChI=1S/C15H19N3S2/c1-3-8-16-10(2)14-17-18-15(20-14)13-9-11-6-4-5-7-12(11)19-13/h4-7,10,13,16H,3,8-9H2,1-2H3. The summed E-state index contributed by atoms with van der Waals surface area (Å²) in [4.78, 5) is 1.39. The van der Waals surface area contributed by atoms with Gasteiger partial charge in [0, 0.05) is 4.90 Å². The lowest BCUT2D eigenvalue weighted by atomic mass is 10.1. The van der Waals surface area contributed by atoms with Crippen molar-refractivity contribution in [1.82, 2.24) is 15.5 Å². The van der Waals surface area contributed by atoms with E-state index in [1.54, 1.807) is 11.3 Å². The van der Waals surface area contributed by atoms with Crippen LogP contribution >= 0.6 is 23.1 Å². The Hall–Kier alpha value is -0.910. The average molecular weight is 305 g/mol. The summed E-state index contributed by atoms with van der Waals surface area (Å²) in [5.74, 6) is 0. The molecule has 3 nitrogen and oxygen atoms in total. The second kappa shape index (κ2) is 6.24. The molecular weight excluding hydrogens is 286 g/mol. The van der Waals surface area contributed by atoms with Crippen molar-refractivity contribution in [2.24, 2.45) is 0 Å². The first kappa shape index (κ1) is 14.0. The molecule has 3 rings (SSSR count). The number of rotatable bonds is 5. The zero-order valence-corrected chi connectivity index (χ0v) is 13.4. The maximum Gasteiger partial charge on any atom is 0.134 e. The molecule has 0 spiro atoms. The Balaban J connectivity index is 1.69. The molecule has 0 amide bonds. The van der Waals surface area contributed by atoms with Crippen LogP contribution in [0.25, 0.3) is 0 Å². The van der Waals surface area contributed by atoms with Crippen LogP contribution in [0.3, 0.4) is 0 Å². The molecule has 106 valence electrons. The van der Waals surface area contributed by atoms with E-state index in [1.165, 1.54) is 10.5 Å². The molecule has 1 aromatic heterocycles. The molecule has 1 aliphatic heterocycles. The van der Waals surface area contributed by atoms with Gasteiger partial charge in [-0.3, -0.25) is 0 Å². The zero-order chi connectivity index (χ0) is 13.9. The van der Waals surface area contributed by atoms with Gasteiger partial charge in [-0.1, -0.05) is 36.5 Å². The molecule has 5 heteroatoms. The Kier molecular flexibility index (Phi) is 4.38. The molecule has 1 aliphatic rings. The van der Waals surface area contributed by atoms with E-state index in [-0.39, 0.29) is 0 Å². The van der Waals surface area contributed by atoms with Gasteiger partial charge in [-0.05, 0) is 37.9 Å². The van der Waals surface area contributed by atoms with Crippen molar-refractivity contribution in [3.8, 4) is 0 Å². The summed E-state index contributed by atoms with van der Waals surface area (Å²) < 4.78 is 0. The summed E-state index contributed by atoms with van der Waals surface area (Å²) in [7, 11) is 0. The Labute approximate surface area is 128 Å². The number of aromatic nitrogens is 2. The number of hydrogen-bond donors (Lipinski definition) is 1. The Morgan fingerprint density at radius 3 is 3.00 bits per heavy atom. The molecular formula is C15H19N3S2. The molecule has 0 fully saturated rings. The fraction of sp³-hybridized carbons (Fsp3) is 0.467. The number of benzene rings is 1. The second-order valence-corrected chi connectivity index (χ2v) is 7.36. The molecule has 2 atom stereocenters. The van der Waals surface area contributed by atoms with Gasteiger partial charge in [-0.25, -0.2) is 0 Å². The van der Waals surface area contributed by atoms with Gasteiger partial charge in [0.1, 0.15) is 10.0 Å². The van der Waals surface area contributed by atoms with Crippen LogP contribution in [0, 0.1) is 0 Å². The first-order chi connectivity index (χ1) is 9.78. The van der Waals surface area contributed by atoms with Gasteiger partial charge in [-0.2, -0.15) is 0 Å². The molecule has 0 saturated heterocycles. The first-order valence-electron chi connectivity index (χ1n) is 7.09. The third kappa shape index (κ3) is 2.90. The van der Waals surface area contributed by atoms with Crippen molar-refractivity contribution < 1.29 is 0 Å². The lowest BCUT2D eigenvalue weighted by Crippen LogP contribution is -2.19. The molecule has 2 unspecified atom stereocenters. The summed E-state index contributed by atoms with van der Waals surface area (Å²) in [6.07, 6.45) is 2.22. The SMILES string of the molecule is CCCNC(C)c1nnc(C2Cc3ccccc3S2)s1. The Morgan fingerprint density at radius 2 is 2.20 bits per heavy atom. The molecule has 1 aromatic carbocycles. The second-order valence-electron chi connectivity index (χ2n) is 5.07. The number of thioether (sulfide) groups is 1. The van der Waals surface area contributed by atoms with Crippen LogP contribution in [0.5, 0.6) is 0 Å². The van der Waals surface area contributed by atoms with E-state index in [4.69, 9.17) is 0 Å². The van der Waals surface area contributed by atoms with Crippen LogP contribution < -0.4 is 5.32 Å². The Bertz CT molecular complexity index is 557. The molecule has 1 N–H and O–H groups in total. The molecule has 0 bridgehead atoms. The quantitative estimate of drug-likeness (QED) is 0.906. The lowest BCUT2D eigenvalue weighted by Gasteiger charge is -2.08. The zero-order valence-electron chi connectivity index (χ0n) is 11.8. The topological polar surface area (TPSA) is 37.8 Å². The average Bonchev–Trinajstić information content (AvgIpc) is 3.10. The summed E-state index contributed by atoms with van der Waals surface area (Å²) in [6, 6.07) is 8.94. The van der Waals surface area contributed by atoms with Gasteiger partial charge in [0.2, 0.25) is 0 Å². The minimum Gasteiger partial charge on any atom is -0.308 e. The predicted octanol–water partition coefficient (Wildman–Crippen LogP) is 3.99. The number of nitrogens with zero attached hydrogens (tertiary/aromatic N) is 2. The van der Waals surface area contributed by atoms with Crippen molar-refractivity contribution in [3.63, 3.8) is 0 Å². The van der Waals surface area contributed by atoms with Crippen LogP contribution in [0.1, 0.15) is 47.1 Å². The summed E-state index contributed by atoms with van der Waals surface area (Å²) in [6.45, 7) is 5.37. The van der Waals surface area contributed by atoms with Crippen molar-refractivity contribution in [1.29, 1.82) is 0 Å². The van der Waals surface area contributed by atoms with E-state index >= 15 is 0 Å². The molecule has 20 heavy (non-hydrogen) atoms. The monoisotopic (exact) mass is 305 g/mol. The van der Waals surface area contributed by atoms with Crippen LogP contribution in [0.2, 0.25) is 0 Å². The Morgan fingerprint density at radius 1 is 1.35 bits per heavy atom. The van der Waals surface area contributed by atoms with Gasteiger partial charge < -0.3 is 5.32 Å². The fourth-order valence-electron chi connectivity index (χ4n) is 2.32. The summed E-state index contributed by atoms with van der Waals surface area (Å²) in [5, 5.41) is 15.0. The minimum atomic E-state index is 0.301. The third-order valence-electron chi connectivity index (χ3n) is 3.45. The van der Waals surface area contributed by atoms with Crippen LogP contribution in [-0.2, 0) is 6.42 Å². The largest absolute Gasteiger partial charge is 0.308 e. The molecule has 0 saturated carbocycles. The van der Waals surface area contributed by atoms with Gasteiger partial charge in [0.25, 0.3) is 0 Å². The fourth-order valence-corrected chi connectivity index (χ4v) is 4.64. The van der Waals surface area contributed by atoms with E-state index < -0.39 is 0 Å². The molecule has 0 radical (unpaired) electrons. The number of nitrogens with one attached hydrogen (secondary N) is 1. The third-order valence-corrected chi connectivity index (χ3v) is 6.15. The van der Waals surface area contributed by atoms with Crippen molar-refractivity contribution in [3.05, 3.63) is 39.8 Å². The molecule has 2 aromatic rings. The highest BCUT2D eigenvalue weighted by atomic mass is 32.2. The number of hydrogen-bond acceptors (Lipinski definition) is 5. The van der Waals surface area contributed by atoms with E-state index in [9.17, 15) is 0 Å². The van der Waals surface area contributed by atoms with Crippen LogP contribution in [0.15, 0.2) is 29.2 Å². The van der Waals surface area contributed by atoms with E-state index in [2.05, 4.69) is 53.6 Å². The highest BCUT2D eigenvalue weighted by Crippen LogP contribution is 2.47. The molecule has 2 heterocycles. The van der Waals surface area contributed by atoms with E-state index in [0.29, 0.717) is 11.3 Å². The first-order valence-corrected chi connectivity index (χ1v) is 8.78. The van der Waals surface area contributed by atoms with Crippen LogP contribution in [-0.4, -0.2) is 16.7 Å². The maximum atomic E-state index is 4.42. The molecule has 0 aliphatic carbocycles. The smallest absolute Gasteiger partial charge is 0.134 e.